The molecule has 9 nitrogen and oxygen atoms in total. The first-order valence-corrected chi connectivity index (χ1v) is 16.3. The average molecular weight is 626 g/mol. The molecule has 0 spiro atoms. The number of phenols is 1. The number of aromatic nitrogens is 3. The lowest BCUT2D eigenvalue weighted by molar-refractivity contribution is 0.0132. The van der Waals surface area contributed by atoms with Gasteiger partial charge in [0.2, 0.25) is 5.88 Å². The number of halogens is 2. The van der Waals surface area contributed by atoms with E-state index in [1.54, 1.807) is 6.92 Å². The monoisotopic (exact) mass is 625 g/mol. The number of aromatic hydroxyl groups is 1. The number of benzene rings is 1. The van der Waals surface area contributed by atoms with Gasteiger partial charge >= 0.3 is 6.01 Å². The van der Waals surface area contributed by atoms with E-state index in [1.807, 2.05) is 4.90 Å². The van der Waals surface area contributed by atoms with Gasteiger partial charge in [-0.05, 0) is 95.5 Å². The number of piperidine rings is 2. The SMILES string of the molecule is COc1nc(-c2cc(O)cc(Cl)c2C2CC2)c(F)c2nc(OCC34CCCC3N(C)CCC4)nc(N3CCCC(C)(O)C3)c12. The first-order valence-electron chi connectivity index (χ1n) is 15.9. The van der Waals surface area contributed by atoms with Crippen LogP contribution in [-0.4, -0.2) is 82.1 Å². The molecule has 11 heteroatoms. The highest BCUT2D eigenvalue weighted by Gasteiger charge is 2.47. The first kappa shape index (κ1) is 29.7. The number of β-amino-alcohol motifs (C(OH)–C–C–N with tert-alkyl or cyclic N) is 1. The Bertz CT molecular complexity index is 1600. The molecule has 4 aliphatic rings. The van der Waals surface area contributed by atoms with E-state index >= 15 is 4.39 Å². The molecule has 4 heterocycles. The number of hydrogen-bond donors (Lipinski definition) is 2. The molecule has 0 radical (unpaired) electrons. The number of nitrogens with zero attached hydrogens (tertiary/aromatic N) is 5. The standard InChI is InChI=1S/C33H41ClFN5O4/c1-32(42)10-5-14-40(17-32)29-25-28(37-31(38-29)44-18-33-11-4-7-23(33)39(2)13-6-12-33)26(35)27(36-30(25)43-3)21-15-20(41)16-22(34)24(21)19-8-9-19/h15-16,19,23,41-42H,4-14,17-18H2,1-3H3. The van der Waals surface area contributed by atoms with Gasteiger partial charge in [0.15, 0.2) is 5.82 Å². The van der Waals surface area contributed by atoms with Crippen LogP contribution in [0.5, 0.6) is 17.6 Å². The van der Waals surface area contributed by atoms with Crippen molar-refractivity contribution in [2.75, 3.05) is 45.3 Å². The largest absolute Gasteiger partial charge is 0.508 e. The Balaban J connectivity index is 1.38. The number of ether oxygens (including phenoxy) is 2. The van der Waals surface area contributed by atoms with Gasteiger partial charge in [0.05, 0.1) is 19.3 Å². The molecule has 2 saturated carbocycles. The van der Waals surface area contributed by atoms with Gasteiger partial charge in [0, 0.05) is 35.1 Å². The van der Waals surface area contributed by atoms with E-state index in [0.717, 1.165) is 63.5 Å². The number of fused-ring (bicyclic) bond motifs is 2. The zero-order chi connectivity index (χ0) is 30.8. The van der Waals surface area contributed by atoms with Crippen LogP contribution in [0.3, 0.4) is 0 Å². The Labute approximate surface area is 262 Å². The first-order chi connectivity index (χ1) is 21.1. The maximum Gasteiger partial charge on any atom is 0.319 e. The van der Waals surface area contributed by atoms with Crippen LogP contribution >= 0.6 is 11.6 Å². The molecule has 2 saturated heterocycles. The molecule has 44 heavy (non-hydrogen) atoms. The Hall–Kier alpha value is -2.95. The van der Waals surface area contributed by atoms with E-state index in [0.29, 0.717) is 53.9 Å². The Morgan fingerprint density at radius 1 is 1.07 bits per heavy atom. The molecule has 0 amide bonds. The van der Waals surface area contributed by atoms with E-state index < -0.39 is 11.4 Å². The lowest BCUT2D eigenvalue weighted by atomic mass is 9.76. The van der Waals surface area contributed by atoms with Gasteiger partial charge in [-0.2, -0.15) is 9.97 Å². The molecule has 3 aromatic rings. The lowest BCUT2D eigenvalue weighted by Crippen LogP contribution is -2.50. The predicted octanol–water partition coefficient (Wildman–Crippen LogP) is 6.07. The average Bonchev–Trinajstić information content (AvgIpc) is 3.72. The zero-order valence-electron chi connectivity index (χ0n) is 25.7. The van der Waals surface area contributed by atoms with Gasteiger partial charge < -0.3 is 29.5 Å². The normalized spacial score (nSPS) is 27.5. The van der Waals surface area contributed by atoms with E-state index in [1.165, 1.54) is 19.2 Å². The summed E-state index contributed by atoms with van der Waals surface area (Å²) >= 11 is 6.59. The fraction of sp³-hybridized carbons (Fsp3) is 0.606. The molecule has 2 aliphatic heterocycles. The molecule has 1 aromatic carbocycles. The molecule has 3 unspecified atom stereocenters. The van der Waals surface area contributed by atoms with Crippen molar-refractivity contribution in [2.24, 2.45) is 5.41 Å². The number of phenolic OH excluding ortho intramolecular Hbond substituents is 1. The molecule has 236 valence electrons. The fourth-order valence-corrected chi connectivity index (χ4v) is 8.46. The molecule has 3 atom stereocenters. The van der Waals surface area contributed by atoms with Crippen molar-refractivity contribution in [3.8, 4) is 28.9 Å². The number of rotatable bonds is 7. The summed E-state index contributed by atoms with van der Waals surface area (Å²) in [6.45, 7) is 4.28. The number of pyridine rings is 1. The van der Waals surface area contributed by atoms with Gasteiger partial charge in [0.25, 0.3) is 0 Å². The van der Waals surface area contributed by atoms with E-state index in [2.05, 4.69) is 21.9 Å². The van der Waals surface area contributed by atoms with Crippen LogP contribution in [0.15, 0.2) is 12.1 Å². The molecule has 2 aliphatic carbocycles. The molecule has 2 N–H and O–H groups in total. The van der Waals surface area contributed by atoms with Gasteiger partial charge in [0.1, 0.15) is 28.2 Å². The van der Waals surface area contributed by atoms with Crippen LogP contribution < -0.4 is 14.4 Å². The van der Waals surface area contributed by atoms with Crippen LogP contribution in [0.2, 0.25) is 5.02 Å². The highest BCUT2D eigenvalue weighted by Crippen LogP contribution is 2.51. The summed E-state index contributed by atoms with van der Waals surface area (Å²) in [6.07, 6.45) is 8.83. The Kier molecular flexibility index (Phi) is 7.53. The summed E-state index contributed by atoms with van der Waals surface area (Å²) < 4.78 is 29.1. The number of anilines is 1. The van der Waals surface area contributed by atoms with Gasteiger partial charge in [-0.1, -0.05) is 18.0 Å². The maximum absolute atomic E-state index is 16.9. The van der Waals surface area contributed by atoms with Gasteiger partial charge in [-0.25, -0.2) is 9.37 Å². The summed E-state index contributed by atoms with van der Waals surface area (Å²) in [5.41, 5.74) is 0.311. The molecule has 4 fully saturated rings. The van der Waals surface area contributed by atoms with Crippen molar-refractivity contribution in [3.63, 3.8) is 0 Å². The summed E-state index contributed by atoms with van der Waals surface area (Å²) in [4.78, 5) is 18.6. The number of methoxy groups -OCH3 is 1. The second kappa shape index (κ2) is 11.1. The third-order valence-electron chi connectivity index (χ3n) is 10.3. The predicted molar refractivity (Wildman–Crippen MR) is 167 cm³/mol. The van der Waals surface area contributed by atoms with Crippen LogP contribution in [0.4, 0.5) is 10.2 Å². The third-order valence-corrected chi connectivity index (χ3v) is 10.6. The quantitative estimate of drug-likeness (QED) is 0.324. The van der Waals surface area contributed by atoms with E-state index in [4.69, 9.17) is 26.1 Å². The van der Waals surface area contributed by atoms with Gasteiger partial charge in [-0.3, -0.25) is 0 Å². The van der Waals surface area contributed by atoms with Crippen molar-refractivity contribution >= 4 is 28.3 Å². The Morgan fingerprint density at radius 2 is 1.84 bits per heavy atom. The van der Waals surface area contributed by atoms with Crippen LogP contribution in [-0.2, 0) is 0 Å². The highest BCUT2D eigenvalue weighted by atomic mass is 35.5. The fourth-order valence-electron chi connectivity index (χ4n) is 8.10. The van der Waals surface area contributed by atoms with Crippen molar-refractivity contribution < 1.29 is 24.1 Å². The van der Waals surface area contributed by atoms with Crippen molar-refractivity contribution in [3.05, 3.63) is 28.5 Å². The minimum absolute atomic E-state index is 0.0113. The van der Waals surface area contributed by atoms with Crippen molar-refractivity contribution in [1.29, 1.82) is 0 Å². The second-order valence-corrected chi connectivity index (χ2v) is 14.1. The van der Waals surface area contributed by atoms with E-state index in [9.17, 15) is 10.2 Å². The third kappa shape index (κ3) is 5.22. The van der Waals surface area contributed by atoms with Crippen LogP contribution in [0.1, 0.15) is 76.2 Å². The molecule has 0 bridgehead atoms. The number of hydrogen-bond acceptors (Lipinski definition) is 9. The summed E-state index contributed by atoms with van der Waals surface area (Å²) in [6, 6.07) is 3.54. The maximum atomic E-state index is 16.9. The molecule has 7 rings (SSSR count). The minimum Gasteiger partial charge on any atom is -0.508 e. The lowest BCUT2D eigenvalue weighted by Gasteiger charge is -2.44. The zero-order valence-corrected chi connectivity index (χ0v) is 26.5. The van der Waals surface area contributed by atoms with Crippen molar-refractivity contribution in [1.82, 2.24) is 19.9 Å². The minimum atomic E-state index is -0.935. The van der Waals surface area contributed by atoms with Crippen molar-refractivity contribution in [2.45, 2.75) is 82.3 Å². The van der Waals surface area contributed by atoms with Gasteiger partial charge in [-0.15, -0.1) is 0 Å². The smallest absolute Gasteiger partial charge is 0.319 e. The molecular weight excluding hydrogens is 585 g/mol. The molecule has 2 aromatic heterocycles. The van der Waals surface area contributed by atoms with E-state index in [-0.39, 0.29) is 40.2 Å². The van der Waals surface area contributed by atoms with Crippen LogP contribution in [0.25, 0.3) is 22.2 Å². The van der Waals surface area contributed by atoms with Crippen LogP contribution in [0, 0.1) is 11.2 Å². The second-order valence-electron chi connectivity index (χ2n) is 13.7. The summed E-state index contributed by atoms with van der Waals surface area (Å²) in [5.74, 6) is 0.0325. The number of aliphatic hydroxyl groups is 1. The number of likely N-dealkylation sites (tertiary alicyclic amines) is 1. The summed E-state index contributed by atoms with van der Waals surface area (Å²) in [7, 11) is 3.68. The topological polar surface area (TPSA) is 104 Å². The summed E-state index contributed by atoms with van der Waals surface area (Å²) in [5, 5.41) is 22.2. The highest BCUT2D eigenvalue weighted by molar-refractivity contribution is 6.32. The Morgan fingerprint density at radius 3 is 2.59 bits per heavy atom. The molecular formula is C33H41ClFN5O4.